The van der Waals surface area contributed by atoms with Crippen molar-refractivity contribution in [1.29, 1.82) is 0 Å². The summed E-state index contributed by atoms with van der Waals surface area (Å²) in [4.78, 5) is 12.1. The van der Waals surface area contributed by atoms with Crippen molar-refractivity contribution in [2.45, 2.75) is 96.5 Å². The molecule has 5 nitrogen and oxygen atoms in total. The van der Waals surface area contributed by atoms with E-state index in [0.717, 1.165) is 50.7 Å². The number of aromatic hydroxyl groups is 3. The molecule has 27 heavy (non-hydrogen) atoms. The molecule has 1 unspecified atom stereocenters. The molecular formula is C22H36O5. The summed E-state index contributed by atoms with van der Waals surface area (Å²) in [6.07, 6.45) is 13.2. The number of hydrogen-bond acceptors (Lipinski definition) is 5. The zero-order chi connectivity index (χ0) is 20.1. The highest BCUT2D eigenvalue weighted by Crippen LogP contribution is 2.33. The van der Waals surface area contributed by atoms with E-state index in [0.29, 0.717) is 0 Å². The Morgan fingerprint density at radius 3 is 1.74 bits per heavy atom. The number of benzene rings is 1. The number of Topliss-reactive ketones (excluding diaryl/α,β-unsaturated/α-hetero) is 1. The number of aliphatic hydroxyl groups is 1. The van der Waals surface area contributed by atoms with Gasteiger partial charge in [0.05, 0.1) is 6.10 Å². The fourth-order valence-corrected chi connectivity index (χ4v) is 3.29. The normalized spacial score (nSPS) is 12.2. The summed E-state index contributed by atoms with van der Waals surface area (Å²) in [7, 11) is 0. The molecule has 0 radical (unpaired) electrons. The van der Waals surface area contributed by atoms with Crippen LogP contribution in [0.5, 0.6) is 17.2 Å². The summed E-state index contributed by atoms with van der Waals surface area (Å²) in [6.45, 7) is 2.02. The molecule has 0 amide bonds. The standard InChI is InChI=1S/C22H36O5/c1-2-17(23)13-11-9-7-5-3-4-6-8-10-12-14-19(25)22-20(26)15-18(24)16-21(22)27/h15-17,23-24,26-27H,2-14H2,1H3. The molecule has 0 heterocycles. The van der Waals surface area contributed by atoms with Gasteiger partial charge in [0.2, 0.25) is 0 Å². The number of phenolic OH excluding ortho intramolecular Hbond substituents is 3. The summed E-state index contributed by atoms with van der Waals surface area (Å²) in [5.74, 6) is -1.30. The van der Waals surface area contributed by atoms with E-state index in [-0.39, 0.29) is 41.1 Å². The summed E-state index contributed by atoms with van der Waals surface area (Å²) in [5, 5.41) is 38.2. The van der Waals surface area contributed by atoms with Gasteiger partial charge in [-0.1, -0.05) is 64.7 Å². The molecule has 0 aliphatic heterocycles. The van der Waals surface area contributed by atoms with Crippen molar-refractivity contribution < 1.29 is 25.2 Å². The monoisotopic (exact) mass is 380 g/mol. The van der Waals surface area contributed by atoms with Crippen LogP contribution in [0.2, 0.25) is 0 Å². The molecule has 1 aromatic carbocycles. The van der Waals surface area contributed by atoms with Crippen LogP contribution >= 0.6 is 0 Å². The van der Waals surface area contributed by atoms with Gasteiger partial charge in [-0.2, -0.15) is 0 Å². The smallest absolute Gasteiger partial charge is 0.170 e. The molecule has 1 rings (SSSR count). The number of unbranched alkanes of at least 4 members (excludes halogenated alkanes) is 9. The van der Waals surface area contributed by atoms with Crippen LogP contribution in [0.25, 0.3) is 0 Å². The molecule has 0 aliphatic rings. The van der Waals surface area contributed by atoms with Crippen molar-refractivity contribution in [3.63, 3.8) is 0 Å². The fourth-order valence-electron chi connectivity index (χ4n) is 3.29. The zero-order valence-corrected chi connectivity index (χ0v) is 16.6. The minimum atomic E-state index is -0.373. The lowest BCUT2D eigenvalue weighted by Gasteiger charge is -2.07. The highest BCUT2D eigenvalue weighted by molar-refractivity contribution is 6.01. The number of carbonyl (C=O) groups excluding carboxylic acids is 1. The van der Waals surface area contributed by atoms with Gasteiger partial charge in [0.25, 0.3) is 0 Å². The SMILES string of the molecule is CCC(O)CCCCCCCCCCCCC(=O)c1c(O)cc(O)cc1O. The maximum absolute atomic E-state index is 12.1. The molecule has 0 saturated heterocycles. The quantitative estimate of drug-likeness (QED) is 0.240. The molecule has 0 fully saturated rings. The Morgan fingerprint density at radius 2 is 1.26 bits per heavy atom. The van der Waals surface area contributed by atoms with E-state index >= 15 is 0 Å². The summed E-state index contributed by atoms with van der Waals surface area (Å²) in [6, 6.07) is 2.14. The van der Waals surface area contributed by atoms with Crippen LogP contribution in [0.15, 0.2) is 12.1 Å². The van der Waals surface area contributed by atoms with Crippen molar-refractivity contribution >= 4 is 5.78 Å². The van der Waals surface area contributed by atoms with Gasteiger partial charge in [-0.15, -0.1) is 0 Å². The van der Waals surface area contributed by atoms with Gasteiger partial charge in [-0.3, -0.25) is 4.79 Å². The van der Waals surface area contributed by atoms with Crippen LogP contribution in [-0.4, -0.2) is 32.3 Å². The Labute approximate surface area is 163 Å². The van der Waals surface area contributed by atoms with E-state index in [9.17, 15) is 25.2 Å². The van der Waals surface area contributed by atoms with E-state index in [1.165, 1.54) is 38.5 Å². The third-order valence-electron chi connectivity index (χ3n) is 5.02. The molecule has 1 atom stereocenters. The van der Waals surface area contributed by atoms with Gasteiger partial charge in [-0.25, -0.2) is 0 Å². The number of hydrogen-bond donors (Lipinski definition) is 4. The van der Waals surface area contributed by atoms with Crippen molar-refractivity contribution in [3.05, 3.63) is 17.7 Å². The molecule has 154 valence electrons. The highest BCUT2D eigenvalue weighted by atomic mass is 16.3. The lowest BCUT2D eigenvalue weighted by Crippen LogP contribution is -2.03. The largest absolute Gasteiger partial charge is 0.508 e. The van der Waals surface area contributed by atoms with Crippen molar-refractivity contribution in [2.75, 3.05) is 0 Å². The third-order valence-corrected chi connectivity index (χ3v) is 5.02. The van der Waals surface area contributed by atoms with E-state index in [1.807, 2.05) is 6.92 Å². The van der Waals surface area contributed by atoms with Gasteiger partial charge in [0.1, 0.15) is 22.8 Å². The zero-order valence-electron chi connectivity index (χ0n) is 16.6. The molecule has 0 aliphatic carbocycles. The number of aliphatic hydroxyl groups excluding tert-OH is 1. The number of phenols is 3. The fraction of sp³-hybridized carbons (Fsp3) is 0.682. The third kappa shape index (κ3) is 9.66. The van der Waals surface area contributed by atoms with E-state index < -0.39 is 0 Å². The van der Waals surface area contributed by atoms with Gasteiger partial charge in [0.15, 0.2) is 5.78 Å². The topological polar surface area (TPSA) is 98.0 Å². The van der Waals surface area contributed by atoms with E-state index in [4.69, 9.17) is 0 Å². The minimum absolute atomic E-state index is 0.0979. The number of rotatable bonds is 15. The maximum atomic E-state index is 12.1. The Bertz CT molecular complexity index is 533. The number of ketones is 1. The predicted octanol–water partition coefficient (Wildman–Crippen LogP) is 5.44. The first-order chi connectivity index (χ1) is 13.0. The summed E-state index contributed by atoms with van der Waals surface area (Å²) >= 11 is 0. The average Bonchev–Trinajstić information content (AvgIpc) is 2.61. The van der Waals surface area contributed by atoms with E-state index in [2.05, 4.69) is 0 Å². The Hall–Kier alpha value is -1.75. The van der Waals surface area contributed by atoms with E-state index in [1.54, 1.807) is 0 Å². The van der Waals surface area contributed by atoms with Crippen LogP contribution < -0.4 is 0 Å². The van der Waals surface area contributed by atoms with Crippen LogP contribution in [0, 0.1) is 0 Å². The van der Waals surface area contributed by atoms with Crippen molar-refractivity contribution in [3.8, 4) is 17.2 Å². The second-order valence-electron chi connectivity index (χ2n) is 7.42. The Morgan fingerprint density at radius 1 is 0.815 bits per heavy atom. The van der Waals surface area contributed by atoms with Gasteiger partial charge in [-0.05, 0) is 19.3 Å². The Balaban J connectivity index is 2.01. The van der Waals surface area contributed by atoms with Gasteiger partial charge < -0.3 is 20.4 Å². The lowest BCUT2D eigenvalue weighted by molar-refractivity contribution is 0.0973. The molecule has 1 aromatic rings. The van der Waals surface area contributed by atoms with Gasteiger partial charge >= 0.3 is 0 Å². The average molecular weight is 381 g/mol. The van der Waals surface area contributed by atoms with Crippen molar-refractivity contribution in [1.82, 2.24) is 0 Å². The number of carbonyl (C=O) groups is 1. The second kappa shape index (κ2) is 13.4. The molecule has 0 spiro atoms. The first kappa shape index (κ1) is 23.3. The minimum Gasteiger partial charge on any atom is -0.508 e. The van der Waals surface area contributed by atoms with Crippen LogP contribution in [0.3, 0.4) is 0 Å². The molecule has 0 saturated carbocycles. The lowest BCUT2D eigenvalue weighted by atomic mass is 10.0. The molecule has 5 heteroatoms. The molecule has 0 bridgehead atoms. The first-order valence-electron chi connectivity index (χ1n) is 10.4. The summed E-state index contributed by atoms with van der Waals surface area (Å²) < 4.78 is 0. The highest BCUT2D eigenvalue weighted by Gasteiger charge is 2.17. The van der Waals surface area contributed by atoms with Crippen LogP contribution in [-0.2, 0) is 0 Å². The Kier molecular flexibility index (Phi) is 11.6. The summed E-state index contributed by atoms with van der Waals surface area (Å²) in [5.41, 5.74) is -0.0979. The first-order valence-corrected chi connectivity index (χ1v) is 10.4. The second-order valence-corrected chi connectivity index (χ2v) is 7.42. The predicted molar refractivity (Wildman–Crippen MR) is 107 cm³/mol. The molecule has 4 N–H and O–H groups in total. The molecular weight excluding hydrogens is 344 g/mol. The molecule has 0 aromatic heterocycles. The maximum Gasteiger partial charge on any atom is 0.170 e. The van der Waals surface area contributed by atoms with Crippen LogP contribution in [0.4, 0.5) is 0 Å². The van der Waals surface area contributed by atoms with Crippen molar-refractivity contribution in [2.24, 2.45) is 0 Å². The van der Waals surface area contributed by atoms with Gasteiger partial charge in [0, 0.05) is 18.6 Å². The van der Waals surface area contributed by atoms with Crippen LogP contribution in [0.1, 0.15) is 101 Å².